The van der Waals surface area contributed by atoms with Crippen molar-refractivity contribution < 1.29 is 4.74 Å². The molecule has 0 atom stereocenters. The van der Waals surface area contributed by atoms with Crippen LogP contribution in [0.4, 0.5) is 0 Å². The number of hydrogen-bond donors (Lipinski definition) is 3. The van der Waals surface area contributed by atoms with Gasteiger partial charge in [-0.1, -0.05) is 30.3 Å². The molecule has 0 unspecified atom stereocenters. The fourth-order valence-electron chi connectivity index (χ4n) is 2.78. The maximum Gasteiger partial charge on any atom is 0.209 e. The summed E-state index contributed by atoms with van der Waals surface area (Å²) in [6.45, 7) is 2.65. The van der Waals surface area contributed by atoms with Gasteiger partial charge < -0.3 is 15.5 Å². The highest BCUT2D eigenvalue weighted by Gasteiger charge is 2.06. The lowest BCUT2D eigenvalue weighted by molar-refractivity contribution is 0.415. The number of nitrogens with one attached hydrogen (secondary N) is 2. The van der Waals surface area contributed by atoms with Crippen LogP contribution in [-0.4, -0.2) is 30.8 Å². The van der Waals surface area contributed by atoms with Gasteiger partial charge in [-0.2, -0.15) is 5.10 Å². The first-order chi connectivity index (χ1) is 12.7. The van der Waals surface area contributed by atoms with E-state index in [0.717, 1.165) is 34.2 Å². The van der Waals surface area contributed by atoms with Crippen molar-refractivity contribution in [1.29, 1.82) is 0 Å². The maximum atomic E-state index is 5.86. The molecule has 3 aromatic rings. The third-order valence-corrected chi connectivity index (χ3v) is 4.14. The van der Waals surface area contributed by atoms with Crippen LogP contribution in [-0.2, 0) is 6.42 Å². The van der Waals surface area contributed by atoms with Crippen LogP contribution in [0.1, 0.15) is 16.7 Å². The van der Waals surface area contributed by atoms with Gasteiger partial charge >= 0.3 is 0 Å². The van der Waals surface area contributed by atoms with Crippen LogP contribution in [0.15, 0.2) is 58.8 Å². The molecule has 6 nitrogen and oxygen atoms in total. The van der Waals surface area contributed by atoms with Crippen LogP contribution in [0.5, 0.6) is 5.75 Å². The Morgan fingerprint density at radius 3 is 2.85 bits per heavy atom. The average Bonchev–Trinajstić information content (AvgIpc) is 3.06. The van der Waals surface area contributed by atoms with Crippen LogP contribution >= 0.6 is 0 Å². The second-order valence-corrected chi connectivity index (χ2v) is 5.98. The lowest BCUT2D eigenvalue weighted by atomic mass is 10.1. The van der Waals surface area contributed by atoms with Crippen LogP contribution < -0.4 is 15.9 Å². The number of H-pyrrole nitrogens is 1. The summed E-state index contributed by atoms with van der Waals surface area (Å²) in [5.41, 5.74) is 13.0. The molecule has 0 saturated heterocycles. The van der Waals surface area contributed by atoms with Gasteiger partial charge in [-0.3, -0.25) is 4.99 Å². The Bertz CT molecular complexity index is 928. The molecule has 1 heterocycles. The molecule has 6 heteroatoms. The molecular formula is C20H23N5O. The summed E-state index contributed by atoms with van der Waals surface area (Å²) in [5.74, 6) is 1.12. The molecular weight excluding hydrogens is 326 g/mol. The van der Waals surface area contributed by atoms with Crippen molar-refractivity contribution >= 4 is 23.1 Å². The average molecular weight is 349 g/mol. The molecule has 3 rings (SSSR count). The number of aromatic amines is 1. The lowest BCUT2D eigenvalue weighted by Crippen LogP contribution is -2.27. The largest absolute Gasteiger partial charge is 0.497 e. The minimum Gasteiger partial charge on any atom is -0.497 e. The highest BCUT2D eigenvalue weighted by Crippen LogP contribution is 2.26. The van der Waals surface area contributed by atoms with E-state index in [2.05, 4.69) is 32.6 Å². The Morgan fingerprint density at radius 2 is 2.08 bits per heavy atom. The van der Waals surface area contributed by atoms with Gasteiger partial charge in [-0.05, 0) is 36.6 Å². The van der Waals surface area contributed by atoms with Crippen molar-refractivity contribution in [2.24, 2.45) is 15.8 Å². The number of benzene rings is 2. The number of hydrazone groups is 1. The van der Waals surface area contributed by atoms with Crippen LogP contribution in [0.2, 0.25) is 0 Å². The topological polar surface area (TPSA) is 87.8 Å². The van der Waals surface area contributed by atoms with E-state index in [1.165, 1.54) is 5.56 Å². The Hall–Kier alpha value is -3.28. The monoisotopic (exact) mass is 349 g/mol. The Labute approximate surface area is 152 Å². The number of aryl methyl sites for hydroxylation is 1. The number of guanidine groups is 1. The summed E-state index contributed by atoms with van der Waals surface area (Å²) >= 11 is 0. The first kappa shape index (κ1) is 17.5. The van der Waals surface area contributed by atoms with E-state index in [1.54, 1.807) is 13.3 Å². The fraction of sp³-hybridized carbons (Fsp3) is 0.200. The number of ether oxygens (including phenoxy) is 1. The van der Waals surface area contributed by atoms with Crippen molar-refractivity contribution in [3.63, 3.8) is 0 Å². The highest BCUT2D eigenvalue weighted by molar-refractivity contribution is 6.01. The molecule has 0 aliphatic heterocycles. The Balaban J connectivity index is 1.62. The first-order valence-corrected chi connectivity index (χ1v) is 8.46. The van der Waals surface area contributed by atoms with Gasteiger partial charge in [0.2, 0.25) is 5.96 Å². The fourth-order valence-corrected chi connectivity index (χ4v) is 2.78. The summed E-state index contributed by atoms with van der Waals surface area (Å²) in [7, 11) is 1.66. The van der Waals surface area contributed by atoms with Gasteiger partial charge in [0.25, 0.3) is 0 Å². The van der Waals surface area contributed by atoms with Crippen molar-refractivity contribution in [3.05, 3.63) is 65.4 Å². The predicted octanol–water partition coefficient (Wildman–Crippen LogP) is 2.97. The summed E-state index contributed by atoms with van der Waals surface area (Å²) in [4.78, 5) is 7.55. The van der Waals surface area contributed by atoms with Gasteiger partial charge in [0.15, 0.2) is 0 Å². The van der Waals surface area contributed by atoms with Crippen molar-refractivity contribution in [3.8, 4) is 5.75 Å². The molecule has 0 fully saturated rings. The molecule has 2 aromatic carbocycles. The van der Waals surface area contributed by atoms with Crippen LogP contribution in [0.3, 0.4) is 0 Å². The van der Waals surface area contributed by atoms with E-state index in [1.807, 2.05) is 43.5 Å². The molecule has 1 aromatic heterocycles. The minimum atomic E-state index is 0.297. The molecule has 0 radical (unpaired) electrons. The van der Waals surface area contributed by atoms with Gasteiger partial charge in [-0.25, -0.2) is 5.43 Å². The normalized spacial score (nSPS) is 12.0. The lowest BCUT2D eigenvalue weighted by Gasteiger charge is -2.03. The van der Waals surface area contributed by atoms with E-state index < -0.39 is 0 Å². The first-order valence-electron chi connectivity index (χ1n) is 8.46. The van der Waals surface area contributed by atoms with E-state index in [-0.39, 0.29) is 0 Å². The van der Waals surface area contributed by atoms with E-state index in [0.29, 0.717) is 12.5 Å². The van der Waals surface area contributed by atoms with Crippen LogP contribution in [0, 0.1) is 6.92 Å². The standard InChI is InChI=1S/C20H23N5O/c1-14-10-17(26-2)11-18-16(12-23-19(14)18)13-24-25-20(21)22-9-8-15-6-4-3-5-7-15/h3-7,10-13,23H,8-9H2,1-2H3,(H3,21,22,25)/b24-13+. The van der Waals surface area contributed by atoms with Crippen molar-refractivity contribution in [2.75, 3.05) is 13.7 Å². The quantitative estimate of drug-likeness (QED) is 0.363. The molecule has 26 heavy (non-hydrogen) atoms. The molecule has 0 aliphatic rings. The maximum absolute atomic E-state index is 5.86. The van der Waals surface area contributed by atoms with E-state index in [4.69, 9.17) is 10.5 Å². The third-order valence-electron chi connectivity index (χ3n) is 4.14. The third kappa shape index (κ3) is 4.22. The van der Waals surface area contributed by atoms with Crippen molar-refractivity contribution in [2.45, 2.75) is 13.3 Å². The van der Waals surface area contributed by atoms with Gasteiger partial charge in [-0.15, -0.1) is 0 Å². The van der Waals surface area contributed by atoms with Gasteiger partial charge in [0.05, 0.1) is 13.3 Å². The van der Waals surface area contributed by atoms with E-state index >= 15 is 0 Å². The molecule has 0 bridgehead atoms. The molecule has 4 N–H and O–H groups in total. The minimum absolute atomic E-state index is 0.297. The SMILES string of the molecule is COc1cc(C)c2[nH]cc(/C=N/NC(N)=NCCc3ccccc3)c2c1. The number of rotatable bonds is 6. The van der Waals surface area contributed by atoms with E-state index in [9.17, 15) is 0 Å². The van der Waals surface area contributed by atoms with Crippen LogP contribution in [0.25, 0.3) is 10.9 Å². The number of methoxy groups -OCH3 is 1. The molecule has 134 valence electrons. The summed E-state index contributed by atoms with van der Waals surface area (Å²) < 4.78 is 5.34. The number of hydrogen-bond acceptors (Lipinski definition) is 3. The zero-order valence-corrected chi connectivity index (χ0v) is 15.0. The van der Waals surface area contributed by atoms with Gasteiger partial charge in [0, 0.05) is 29.2 Å². The highest BCUT2D eigenvalue weighted by atomic mass is 16.5. The number of aliphatic imine (C=N–C) groups is 1. The molecule has 0 aliphatic carbocycles. The second-order valence-electron chi connectivity index (χ2n) is 5.98. The zero-order valence-electron chi connectivity index (χ0n) is 15.0. The second kappa shape index (κ2) is 8.20. The molecule has 0 amide bonds. The number of fused-ring (bicyclic) bond motifs is 1. The molecule has 0 saturated carbocycles. The Kier molecular flexibility index (Phi) is 5.53. The van der Waals surface area contributed by atoms with Gasteiger partial charge in [0.1, 0.15) is 5.75 Å². The summed E-state index contributed by atoms with van der Waals surface area (Å²) in [6, 6.07) is 14.2. The molecule has 0 spiro atoms. The van der Waals surface area contributed by atoms with Crippen molar-refractivity contribution in [1.82, 2.24) is 10.4 Å². The Morgan fingerprint density at radius 1 is 1.27 bits per heavy atom. The summed E-state index contributed by atoms with van der Waals surface area (Å²) in [6.07, 6.45) is 4.47. The number of aromatic nitrogens is 1. The predicted molar refractivity (Wildman–Crippen MR) is 107 cm³/mol. The number of nitrogens with zero attached hydrogens (tertiary/aromatic N) is 2. The smallest absolute Gasteiger partial charge is 0.209 e. The summed E-state index contributed by atoms with van der Waals surface area (Å²) in [5, 5.41) is 5.23. The number of nitrogens with two attached hydrogens (primary N) is 1. The zero-order chi connectivity index (χ0) is 18.4.